The Morgan fingerprint density at radius 2 is 1.06 bits per heavy atom. The van der Waals surface area contributed by atoms with Crippen molar-refractivity contribution in [1.82, 2.24) is 26.2 Å². The third-order valence-corrected chi connectivity index (χ3v) is 9.57. The second-order valence-corrected chi connectivity index (χ2v) is 14.7. The van der Waals surface area contributed by atoms with Crippen LogP contribution in [0.25, 0.3) is 0 Å². The molecule has 0 aromatic heterocycles. The summed E-state index contributed by atoms with van der Waals surface area (Å²) < 4.78 is 5.25. The first-order chi connectivity index (χ1) is 26.3. The zero-order chi connectivity index (χ0) is 39.5. The van der Waals surface area contributed by atoms with Gasteiger partial charge in [0.1, 0.15) is 19.2 Å². The van der Waals surface area contributed by atoms with E-state index in [9.17, 15) is 24.0 Å². The van der Waals surface area contributed by atoms with Crippen LogP contribution in [0.5, 0.6) is 0 Å². The smallest absolute Gasteiger partial charge is 0.410 e. The molecule has 0 saturated heterocycles. The summed E-state index contributed by atoms with van der Waals surface area (Å²) in [6.07, 6.45) is 23.9. The summed E-state index contributed by atoms with van der Waals surface area (Å²) in [6, 6.07) is 8.39. The van der Waals surface area contributed by atoms with Gasteiger partial charge in [-0.05, 0) is 24.8 Å². The van der Waals surface area contributed by atoms with Gasteiger partial charge >= 0.3 is 6.09 Å². The molecule has 0 bridgehead atoms. The Balaban J connectivity index is 2.43. The molecule has 0 heterocycles. The summed E-state index contributed by atoms with van der Waals surface area (Å²) in [4.78, 5) is 64.5. The number of amides is 5. The first kappa shape index (κ1) is 48.4. The number of rotatable bonds is 34. The first-order valence-corrected chi connectivity index (χ1v) is 21.3. The van der Waals surface area contributed by atoms with Crippen molar-refractivity contribution in [3.8, 4) is 0 Å². The second-order valence-electron chi connectivity index (χ2n) is 14.7. The van der Waals surface area contributed by atoms with Crippen LogP contribution in [-0.4, -0.2) is 73.9 Å². The van der Waals surface area contributed by atoms with E-state index in [0.29, 0.717) is 13.1 Å². The Morgan fingerprint density at radius 3 is 1.59 bits per heavy atom. The van der Waals surface area contributed by atoms with Crippen molar-refractivity contribution in [2.75, 3.05) is 33.2 Å². The van der Waals surface area contributed by atoms with Gasteiger partial charge < -0.3 is 30.9 Å². The molecule has 1 rings (SSSR count). The SMILES string of the molecule is CCCCCCCCCCCCNC(=O)CCC(NC(=O)CCNC(=O)CN(C)C(=O)OCc1ccccc1)C(=O)NCCCCCCCCCCCC. The third-order valence-electron chi connectivity index (χ3n) is 9.57. The van der Waals surface area contributed by atoms with Gasteiger partial charge in [-0.2, -0.15) is 0 Å². The molecular weight excluding hydrogens is 683 g/mol. The molecule has 0 saturated carbocycles. The molecule has 1 unspecified atom stereocenters. The predicted molar refractivity (Wildman–Crippen MR) is 218 cm³/mol. The number of unbranched alkanes of at least 4 members (excludes halogenated alkanes) is 18. The number of likely N-dealkylation sites (N-methyl/N-ethyl adjacent to an activating group) is 1. The summed E-state index contributed by atoms with van der Waals surface area (Å²) in [7, 11) is 1.46. The van der Waals surface area contributed by atoms with Crippen LogP contribution in [0.1, 0.15) is 167 Å². The molecule has 0 fully saturated rings. The standard InChI is InChI=1S/C43H75N5O6/c1-4-6-8-10-12-14-16-18-20-25-32-44-39(49)30-29-38(42(52)46-33-26-21-19-17-15-13-11-9-7-5-2)47-40(50)31-34-45-41(51)35-48(3)43(53)54-36-37-27-23-22-24-28-37/h22-24,27-28,38H,4-21,25-26,29-36H2,1-3H3,(H,44,49)(H,45,51)(H,46,52)(H,47,50). The molecule has 11 nitrogen and oxygen atoms in total. The van der Waals surface area contributed by atoms with E-state index in [1.807, 2.05) is 30.3 Å². The van der Waals surface area contributed by atoms with Crippen molar-refractivity contribution in [2.45, 2.75) is 174 Å². The maximum absolute atomic E-state index is 13.1. The van der Waals surface area contributed by atoms with E-state index in [1.54, 1.807) is 0 Å². The van der Waals surface area contributed by atoms with Crippen LogP contribution in [0.3, 0.4) is 0 Å². The first-order valence-electron chi connectivity index (χ1n) is 21.3. The Labute approximate surface area is 327 Å². The van der Waals surface area contributed by atoms with E-state index in [-0.39, 0.29) is 50.8 Å². The minimum absolute atomic E-state index is 0.0316. The molecule has 0 radical (unpaired) electrons. The summed E-state index contributed by atoms with van der Waals surface area (Å²) in [6.45, 7) is 5.49. The lowest BCUT2D eigenvalue weighted by Crippen LogP contribution is -2.48. The van der Waals surface area contributed by atoms with E-state index < -0.39 is 23.9 Å². The van der Waals surface area contributed by atoms with Crippen LogP contribution in [-0.2, 0) is 30.5 Å². The lowest BCUT2D eigenvalue weighted by Gasteiger charge is -2.19. The maximum atomic E-state index is 13.1. The monoisotopic (exact) mass is 758 g/mol. The van der Waals surface area contributed by atoms with E-state index in [0.717, 1.165) is 42.6 Å². The zero-order valence-electron chi connectivity index (χ0n) is 34.2. The lowest BCUT2D eigenvalue weighted by atomic mass is 10.1. The minimum Gasteiger partial charge on any atom is -0.445 e. The van der Waals surface area contributed by atoms with E-state index in [2.05, 4.69) is 35.1 Å². The molecule has 11 heteroatoms. The highest BCUT2D eigenvalue weighted by Crippen LogP contribution is 2.12. The normalized spacial score (nSPS) is 11.4. The van der Waals surface area contributed by atoms with Gasteiger partial charge in [-0.1, -0.05) is 160 Å². The van der Waals surface area contributed by atoms with Gasteiger partial charge in [0.15, 0.2) is 0 Å². The molecule has 0 aliphatic rings. The molecule has 1 aromatic carbocycles. The Morgan fingerprint density at radius 1 is 0.574 bits per heavy atom. The van der Waals surface area contributed by atoms with Crippen LogP contribution in [0.15, 0.2) is 30.3 Å². The van der Waals surface area contributed by atoms with E-state index in [1.165, 1.54) is 103 Å². The molecule has 0 spiro atoms. The quantitative estimate of drug-likeness (QED) is 0.0523. The molecule has 0 aliphatic carbocycles. The van der Waals surface area contributed by atoms with Crippen LogP contribution < -0.4 is 21.3 Å². The highest BCUT2D eigenvalue weighted by molar-refractivity contribution is 5.88. The molecule has 5 amide bonds. The molecule has 1 atom stereocenters. The van der Waals surface area contributed by atoms with Crippen LogP contribution in [0.2, 0.25) is 0 Å². The predicted octanol–water partition coefficient (Wildman–Crippen LogP) is 8.10. The van der Waals surface area contributed by atoms with Crippen LogP contribution in [0.4, 0.5) is 4.79 Å². The molecule has 0 aliphatic heterocycles. The summed E-state index contributed by atoms with van der Waals surface area (Å²) in [5.41, 5.74) is 0.838. The van der Waals surface area contributed by atoms with Crippen molar-refractivity contribution < 1.29 is 28.7 Å². The average Bonchev–Trinajstić information content (AvgIpc) is 3.16. The van der Waals surface area contributed by atoms with Gasteiger partial charge in [0.25, 0.3) is 0 Å². The molecule has 54 heavy (non-hydrogen) atoms. The number of ether oxygens (including phenoxy) is 1. The molecule has 1 aromatic rings. The van der Waals surface area contributed by atoms with Crippen LogP contribution >= 0.6 is 0 Å². The topological polar surface area (TPSA) is 146 Å². The zero-order valence-corrected chi connectivity index (χ0v) is 34.2. The number of nitrogens with zero attached hydrogens (tertiary/aromatic N) is 1. The Kier molecular flexibility index (Phi) is 30.4. The van der Waals surface area contributed by atoms with Gasteiger partial charge in [-0.25, -0.2) is 4.79 Å². The van der Waals surface area contributed by atoms with Gasteiger partial charge in [-0.3, -0.25) is 19.2 Å². The number of nitrogens with one attached hydrogen (secondary N) is 4. The largest absolute Gasteiger partial charge is 0.445 e. The fourth-order valence-electron chi connectivity index (χ4n) is 6.17. The van der Waals surface area contributed by atoms with Crippen molar-refractivity contribution in [3.05, 3.63) is 35.9 Å². The van der Waals surface area contributed by atoms with E-state index >= 15 is 0 Å². The van der Waals surface area contributed by atoms with Crippen LogP contribution in [0, 0.1) is 0 Å². The summed E-state index contributed by atoms with van der Waals surface area (Å²) >= 11 is 0. The summed E-state index contributed by atoms with van der Waals surface area (Å²) in [5.74, 6) is -1.28. The summed E-state index contributed by atoms with van der Waals surface area (Å²) in [5, 5.41) is 11.3. The molecule has 308 valence electrons. The van der Waals surface area contributed by atoms with Gasteiger partial charge in [0.2, 0.25) is 23.6 Å². The number of benzene rings is 1. The number of hydrogen-bond acceptors (Lipinski definition) is 6. The average molecular weight is 758 g/mol. The molecule has 4 N–H and O–H groups in total. The number of hydrogen-bond donors (Lipinski definition) is 4. The minimum atomic E-state index is -0.857. The Bertz CT molecular complexity index is 1130. The fourth-order valence-corrected chi connectivity index (χ4v) is 6.17. The lowest BCUT2D eigenvalue weighted by molar-refractivity contribution is -0.130. The molecular formula is C43H75N5O6. The van der Waals surface area contributed by atoms with Gasteiger partial charge in [-0.15, -0.1) is 0 Å². The van der Waals surface area contributed by atoms with Crippen molar-refractivity contribution in [1.29, 1.82) is 0 Å². The number of carbonyl (C=O) groups is 5. The second kappa shape index (κ2) is 33.9. The van der Waals surface area contributed by atoms with Gasteiger partial charge in [0.05, 0.1) is 0 Å². The third kappa shape index (κ3) is 27.9. The highest BCUT2D eigenvalue weighted by atomic mass is 16.6. The Hall–Kier alpha value is -3.63. The van der Waals surface area contributed by atoms with Gasteiger partial charge in [0, 0.05) is 39.5 Å². The van der Waals surface area contributed by atoms with Crippen molar-refractivity contribution >= 4 is 29.7 Å². The number of carbonyl (C=O) groups excluding carboxylic acids is 5. The maximum Gasteiger partial charge on any atom is 0.410 e. The fraction of sp³-hybridized carbons (Fsp3) is 0.744. The van der Waals surface area contributed by atoms with Crippen molar-refractivity contribution in [3.63, 3.8) is 0 Å². The highest BCUT2D eigenvalue weighted by Gasteiger charge is 2.22. The van der Waals surface area contributed by atoms with E-state index in [4.69, 9.17) is 4.74 Å². The van der Waals surface area contributed by atoms with Crippen molar-refractivity contribution in [2.24, 2.45) is 0 Å².